The number of guanidine groups is 1. The number of rotatable bonds is 5. The quantitative estimate of drug-likeness (QED) is 0.866. The molecular weight excluding hydrogens is 266 g/mol. The van der Waals surface area contributed by atoms with Crippen LogP contribution < -0.4 is 20.1 Å². The van der Waals surface area contributed by atoms with Crippen molar-refractivity contribution in [2.24, 2.45) is 4.99 Å². The van der Waals surface area contributed by atoms with Crippen LogP contribution in [0.4, 0.5) is 0 Å². The molecule has 0 radical (unpaired) electrons. The Balaban J connectivity index is 1.53. The predicted octanol–water partition coefficient (Wildman–Crippen LogP) is 1.72. The van der Waals surface area contributed by atoms with E-state index in [2.05, 4.69) is 10.6 Å². The van der Waals surface area contributed by atoms with Crippen LogP contribution in [-0.2, 0) is 6.42 Å². The Morgan fingerprint density at radius 3 is 2.62 bits per heavy atom. The molecule has 0 amide bonds. The molecular formula is C16H23N3O2. The number of methoxy groups -OCH3 is 2. The van der Waals surface area contributed by atoms with Crippen molar-refractivity contribution in [2.75, 3.05) is 20.8 Å². The van der Waals surface area contributed by atoms with Crippen molar-refractivity contribution in [3.63, 3.8) is 0 Å². The Kier molecular flexibility index (Phi) is 4.18. The van der Waals surface area contributed by atoms with Crippen LogP contribution in [-0.4, -0.2) is 38.8 Å². The average Bonchev–Trinajstić information content (AvgIpc) is 3.08. The van der Waals surface area contributed by atoms with Crippen molar-refractivity contribution in [2.45, 2.75) is 37.8 Å². The van der Waals surface area contributed by atoms with Crippen LogP contribution in [0.2, 0.25) is 0 Å². The van der Waals surface area contributed by atoms with Gasteiger partial charge in [-0.05, 0) is 43.4 Å². The van der Waals surface area contributed by atoms with Gasteiger partial charge in [0.15, 0.2) is 5.96 Å². The molecule has 0 spiro atoms. The second-order valence-corrected chi connectivity index (χ2v) is 5.62. The summed E-state index contributed by atoms with van der Waals surface area (Å²) < 4.78 is 10.6. The largest absolute Gasteiger partial charge is 0.497 e. The molecule has 21 heavy (non-hydrogen) atoms. The van der Waals surface area contributed by atoms with Crippen LogP contribution in [0.1, 0.15) is 24.8 Å². The molecule has 1 fully saturated rings. The summed E-state index contributed by atoms with van der Waals surface area (Å²) in [7, 11) is 3.35. The van der Waals surface area contributed by atoms with Gasteiger partial charge in [-0.25, -0.2) is 4.99 Å². The third-order valence-electron chi connectivity index (χ3n) is 4.21. The fourth-order valence-electron chi connectivity index (χ4n) is 3.07. The SMILES string of the molecule is COc1cc(CCNC2=N[C@@H]3CCC[C@@H]3N2)cc(OC)c1. The lowest BCUT2D eigenvalue weighted by atomic mass is 10.1. The van der Waals surface area contributed by atoms with Gasteiger partial charge >= 0.3 is 0 Å². The number of hydrogen-bond donors (Lipinski definition) is 2. The highest BCUT2D eigenvalue weighted by Crippen LogP contribution is 2.25. The lowest BCUT2D eigenvalue weighted by Crippen LogP contribution is -2.39. The van der Waals surface area contributed by atoms with E-state index < -0.39 is 0 Å². The van der Waals surface area contributed by atoms with E-state index in [1.807, 2.05) is 18.2 Å². The molecule has 1 aromatic carbocycles. The predicted molar refractivity (Wildman–Crippen MR) is 83.3 cm³/mol. The molecule has 2 atom stereocenters. The maximum atomic E-state index is 5.29. The number of hydrogen-bond acceptors (Lipinski definition) is 5. The maximum Gasteiger partial charge on any atom is 0.191 e. The van der Waals surface area contributed by atoms with E-state index in [0.717, 1.165) is 30.4 Å². The van der Waals surface area contributed by atoms with Gasteiger partial charge in [-0.15, -0.1) is 0 Å². The average molecular weight is 289 g/mol. The van der Waals surface area contributed by atoms with Gasteiger partial charge in [-0.2, -0.15) is 0 Å². The summed E-state index contributed by atoms with van der Waals surface area (Å²) >= 11 is 0. The third-order valence-corrected chi connectivity index (χ3v) is 4.21. The minimum Gasteiger partial charge on any atom is -0.497 e. The van der Waals surface area contributed by atoms with E-state index in [-0.39, 0.29) is 0 Å². The molecule has 1 aliphatic heterocycles. The highest BCUT2D eigenvalue weighted by atomic mass is 16.5. The standard InChI is InChI=1S/C16H23N3O2/c1-20-12-8-11(9-13(10-12)21-2)6-7-17-16-18-14-4-3-5-15(14)19-16/h8-10,14-15H,3-7H2,1-2H3,(H2,17,18,19)/t14-,15+. The van der Waals surface area contributed by atoms with Crippen molar-refractivity contribution < 1.29 is 9.47 Å². The summed E-state index contributed by atoms with van der Waals surface area (Å²) in [6.45, 7) is 0.849. The van der Waals surface area contributed by atoms with Crippen LogP contribution in [0.5, 0.6) is 11.5 Å². The lowest BCUT2D eigenvalue weighted by Gasteiger charge is -2.11. The first-order valence-electron chi connectivity index (χ1n) is 7.58. The van der Waals surface area contributed by atoms with Gasteiger partial charge in [0.05, 0.1) is 26.3 Å². The number of aliphatic imine (C=N–C) groups is 1. The Morgan fingerprint density at radius 1 is 1.19 bits per heavy atom. The fraction of sp³-hybridized carbons (Fsp3) is 0.562. The van der Waals surface area contributed by atoms with Gasteiger partial charge in [0.2, 0.25) is 0 Å². The Bertz CT molecular complexity index is 508. The molecule has 1 aliphatic carbocycles. The van der Waals surface area contributed by atoms with E-state index >= 15 is 0 Å². The first-order valence-corrected chi connectivity index (χ1v) is 7.58. The van der Waals surface area contributed by atoms with Gasteiger partial charge in [-0.3, -0.25) is 0 Å². The Labute approximate surface area is 125 Å². The van der Waals surface area contributed by atoms with E-state index in [4.69, 9.17) is 14.5 Å². The maximum absolute atomic E-state index is 5.29. The minimum absolute atomic E-state index is 0.490. The summed E-state index contributed by atoms with van der Waals surface area (Å²) in [6.07, 6.45) is 4.66. The fourth-order valence-corrected chi connectivity index (χ4v) is 3.07. The van der Waals surface area contributed by atoms with Crippen LogP contribution in [0.25, 0.3) is 0 Å². The number of benzene rings is 1. The summed E-state index contributed by atoms with van der Waals surface area (Å²) in [5.74, 6) is 2.62. The van der Waals surface area contributed by atoms with Crippen LogP contribution >= 0.6 is 0 Å². The molecule has 0 aromatic heterocycles. The number of fused-ring (bicyclic) bond motifs is 1. The second-order valence-electron chi connectivity index (χ2n) is 5.62. The number of nitrogens with one attached hydrogen (secondary N) is 2. The van der Waals surface area contributed by atoms with Crippen molar-refractivity contribution in [3.8, 4) is 11.5 Å². The minimum atomic E-state index is 0.490. The van der Waals surface area contributed by atoms with Crippen LogP contribution in [0.15, 0.2) is 23.2 Å². The molecule has 0 saturated heterocycles. The van der Waals surface area contributed by atoms with Crippen LogP contribution in [0, 0.1) is 0 Å². The number of ether oxygens (including phenoxy) is 2. The van der Waals surface area contributed by atoms with Crippen molar-refractivity contribution in [1.82, 2.24) is 10.6 Å². The zero-order valence-corrected chi connectivity index (χ0v) is 12.7. The summed E-state index contributed by atoms with van der Waals surface area (Å²) in [5, 5.41) is 6.86. The van der Waals surface area contributed by atoms with Gasteiger partial charge in [-0.1, -0.05) is 0 Å². The molecule has 0 bridgehead atoms. The first kappa shape index (κ1) is 14.0. The first-order chi connectivity index (χ1) is 10.3. The van der Waals surface area contributed by atoms with Crippen LogP contribution in [0.3, 0.4) is 0 Å². The summed E-state index contributed by atoms with van der Waals surface area (Å²) in [5.41, 5.74) is 1.19. The van der Waals surface area contributed by atoms with E-state index in [1.165, 1.54) is 24.8 Å². The normalized spacial score (nSPS) is 23.2. The molecule has 1 aromatic rings. The molecule has 1 heterocycles. The molecule has 2 aliphatic rings. The van der Waals surface area contributed by atoms with E-state index in [9.17, 15) is 0 Å². The lowest BCUT2D eigenvalue weighted by molar-refractivity contribution is 0.393. The molecule has 114 valence electrons. The van der Waals surface area contributed by atoms with Gasteiger partial charge in [0.1, 0.15) is 11.5 Å². The van der Waals surface area contributed by atoms with Gasteiger partial charge in [0.25, 0.3) is 0 Å². The van der Waals surface area contributed by atoms with E-state index in [0.29, 0.717) is 12.1 Å². The van der Waals surface area contributed by atoms with Crippen molar-refractivity contribution in [3.05, 3.63) is 23.8 Å². The topological polar surface area (TPSA) is 54.9 Å². The second kappa shape index (κ2) is 6.24. The monoisotopic (exact) mass is 289 g/mol. The third kappa shape index (κ3) is 3.23. The Hall–Kier alpha value is -1.91. The highest BCUT2D eigenvalue weighted by molar-refractivity contribution is 5.82. The molecule has 3 rings (SSSR count). The molecule has 0 unspecified atom stereocenters. The molecule has 5 nitrogen and oxygen atoms in total. The van der Waals surface area contributed by atoms with Crippen molar-refractivity contribution >= 4 is 5.96 Å². The molecule has 2 N–H and O–H groups in total. The summed E-state index contributed by atoms with van der Waals surface area (Å²) in [6, 6.07) is 7.03. The molecule has 5 heteroatoms. The number of nitrogens with zero attached hydrogens (tertiary/aromatic N) is 1. The highest BCUT2D eigenvalue weighted by Gasteiger charge is 2.32. The van der Waals surface area contributed by atoms with Crippen molar-refractivity contribution in [1.29, 1.82) is 0 Å². The smallest absolute Gasteiger partial charge is 0.191 e. The van der Waals surface area contributed by atoms with E-state index in [1.54, 1.807) is 14.2 Å². The summed E-state index contributed by atoms with van der Waals surface area (Å²) in [4.78, 5) is 4.69. The van der Waals surface area contributed by atoms with Gasteiger partial charge in [0, 0.05) is 12.6 Å². The zero-order valence-electron chi connectivity index (χ0n) is 12.7. The molecule has 1 saturated carbocycles. The Morgan fingerprint density at radius 2 is 1.95 bits per heavy atom. The zero-order chi connectivity index (χ0) is 14.7. The van der Waals surface area contributed by atoms with Gasteiger partial charge < -0.3 is 20.1 Å².